The first-order valence-electron chi connectivity index (χ1n) is 6.85. The lowest BCUT2D eigenvalue weighted by Crippen LogP contribution is -2.04. The van der Waals surface area contributed by atoms with Gasteiger partial charge in [-0.05, 0) is 30.2 Å². The molecule has 21 heavy (non-hydrogen) atoms. The molecule has 2 heterocycles. The molecule has 2 aromatic heterocycles. The number of fused-ring (bicyclic) bond motifs is 1. The SMILES string of the molecule is Cc1c(C(=O)O)c2cccnn2c1C(C)c1ccccc1. The molecule has 0 saturated heterocycles. The highest BCUT2D eigenvalue weighted by atomic mass is 16.4. The fourth-order valence-corrected chi connectivity index (χ4v) is 2.91. The molecule has 0 aliphatic carbocycles. The topological polar surface area (TPSA) is 54.6 Å². The quantitative estimate of drug-likeness (QED) is 0.799. The van der Waals surface area contributed by atoms with Crippen molar-refractivity contribution in [1.82, 2.24) is 9.61 Å². The zero-order valence-corrected chi connectivity index (χ0v) is 11.9. The molecule has 0 saturated carbocycles. The molecule has 3 aromatic rings. The summed E-state index contributed by atoms with van der Waals surface area (Å²) in [4.78, 5) is 11.6. The van der Waals surface area contributed by atoms with Gasteiger partial charge in [-0.15, -0.1) is 0 Å². The Morgan fingerprint density at radius 2 is 1.90 bits per heavy atom. The molecule has 1 aromatic carbocycles. The number of carboxylic acids is 1. The molecule has 3 rings (SSSR count). The molecule has 0 amide bonds. The number of aromatic nitrogens is 2. The van der Waals surface area contributed by atoms with Crippen molar-refractivity contribution < 1.29 is 9.90 Å². The van der Waals surface area contributed by atoms with Crippen LogP contribution in [0, 0.1) is 6.92 Å². The molecule has 1 unspecified atom stereocenters. The molecule has 0 aliphatic rings. The first-order valence-corrected chi connectivity index (χ1v) is 6.85. The molecule has 0 aliphatic heterocycles. The van der Waals surface area contributed by atoms with E-state index < -0.39 is 5.97 Å². The highest BCUT2D eigenvalue weighted by Crippen LogP contribution is 2.31. The second-order valence-corrected chi connectivity index (χ2v) is 5.14. The maximum absolute atomic E-state index is 11.6. The summed E-state index contributed by atoms with van der Waals surface area (Å²) in [6, 6.07) is 13.6. The summed E-state index contributed by atoms with van der Waals surface area (Å²) < 4.78 is 1.75. The van der Waals surface area contributed by atoms with Crippen molar-refractivity contribution in [3.8, 4) is 0 Å². The third kappa shape index (κ3) is 2.09. The van der Waals surface area contributed by atoms with Crippen molar-refractivity contribution in [2.45, 2.75) is 19.8 Å². The maximum atomic E-state index is 11.6. The Morgan fingerprint density at radius 1 is 1.19 bits per heavy atom. The molecule has 1 atom stereocenters. The predicted octanol–water partition coefficient (Wildman–Crippen LogP) is 3.49. The van der Waals surface area contributed by atoms with Crippen LogP contribution in [-0.4, -0.2) is 20.7 Å². The normalized spacial score (nSPS) is 12.5. The van der Waals surface area contributed by atoms with Crippen LogP contribution in [0.3, 0.4) is 0 Å². The molecular weight excluding hydrogens is 264 g/mol. The summed E-state index contributed by atoms with van der Waals surface area (Å²) in [5.74, 6) is -0.841. The number of carbonyl (C=O) groups is 1. The van der Waals surface area contributed by atoms with E-state index in [1.165, 1.54) is 0 Å². The molecule has 0 bridgehead atoms. The van der Waals surface area contributed by atoms with Gasteiger partial charge in [0.05, 0.1) is 16.8 Å². The van der Waals surface area contributed by atoms with E-state index in [9.17, 15) is 9.90 Å². The van der Waals surface area contributed by atoms with Crippen LogP contribution >= 0.6 is 0 Å². The smallest absolute Gasteiger partial charge is 0.338 e. The van der Waals surface area contributed by atoms with E-state index in [1.807, 2.05) is 37.3 Å². The van der Waals surface area contributed by atoms with E-state index in [2.05, 4.69) is 12.0 Å². The fraction of sp³-hybridized carbons (Fsp3) is 0.176. The van der Waals surface area contributed by atoms with Crippen molar-refractivity contribution in [2.24, 2.45) is 0 Å². The minimum Gasteiger partial charge on any atom is -0.478 e. The summed E-state index contributed by atoms with van der Waals surface area (Å²) in [7, 11) is 0. The maximum Gasteiger partial charge on any atom is 0.338 e. The summed E-state index contributed by atoms with van der Waals surface area (Å²) in [5, 5.41) is 13.8. The number of aromatic carboxylic acids is 1. The number of benzene rings is 1. The molecule has 4 heteroatoms. The molecule has 4 nitrogen and oxygen atoms in total. The van der Waals surface area contributed by atoms with E-state index in [1.54, 1.807) is 22.8 Å². The summed E-state index contributed by atoms with van der Waals surface area (Å²) in [5.41, 5.74) is 3.82. The summed E-state index contributed by atoms with van der Waals surface area (Å²) >= 11 is 0. The van der Waals surface area contributed by atoms with Gasteiger partial charge in [-0.1, -0.05) is 37.3 Å². The standard InChI is InChI=1S/C17H16N2O2/c1-11(13-7-4-3-5-8-13)16-12(2)15(17(20)21)14-9-6-10-18-19(14)16/h3-11H,1-2H3,(H,20,21). The van der Waals surface area contributed by atoms with Crippen LogP contribution in [0.1, 0.15) is 40.0 Å². The van der Waals surface area contributed by atoms with Gasteiger partial charge in [-0.2, -0.15) is 5.10 Å². The number of carboxylic acid groups (broad SMARTS) is 1. The van der Waals surface area contributed by atoms with Crippen molar-refractivity contribution in [3.05, 3.63) is 71.0 Å². The second kappa shape index (κ2) is 5.05. The molecule has 0 fully saturated rings. The minimum absolute atomic E-state index is 0.0710. The second-order valence-electron chi connectivity index (χ2n) is 5.14. The Hall–Kier alpha value is -2.62. The van der Waals surface area contributed by atoms with Crippen LogP contribution in [0.2, 0.25) is 0 Å². The lowest BCUT2D eigenvalue weighted by Gasteiger charge is -2.13. The zero-order chi connectivity index (χ0) is 15.0. The van der Waals surface area contributed by atoms with E-state index in [4.69, 9.17) is 0 Å². The Morgan fingerprint density at radius 3 is 2.57 bits per heavy atom. The van der Waals surface area contributed by atoms with Gasteiger partial charge >= 0.3 is 5.97 Å². The Balaban J connectivity index is 2.28. The molecule has 0 radical (unpaired) electrons. The highest BCUT2D eigenvalue weighted by molar-refractivity contribution is 5.98. The van der Waals surface area contributed by atoms with Gasteiger partial charge < -0.3 is 5.11 Å². The van der Waals surface area contributed by atoms with Crippen molar-refractivity contribution in [1.29, 1.82) is 0 Å². The van der Waals surface area contributed by atoms with Gasteiger partial charge in [-0.25, -0.2) is 9.31 Å². The lowest BCUT2D eigenvalue weighted by molar-refractivity contribution is 0.0698. The van der Waals surface area contributed by atoms with Gasteiger partial charge in [0.1, 0.15) is 0 Å². The Bertz CT molecular complexity index is 806. The Kier molecular flexibility index (Phi) is 3.22. The van der Waals surface area contributed by atoms with Crippen LogP contribution in [0.15, 0.2) is 48.7 Å². The van der Waals surface area contributed by atoms with Crippen LogP contribution in [0.25, 0.3) is 5.52 Å². The number of hydrogen-bond acceptors (Lipinski definition) is 2. The van der Waals surface area contributed by atoms with Crippen molar-refractivity contribution in [2.75, 3.05) is 0 Å². The van der Waals surface area contributed by atoms with E-state index in [0.29, 0.717) is 11.1 Å². The minimum atomic E-state index is -0.912. The largest absolute Gasteiger partial charge is 0.478 e. The van der Waals surface area contributed by atoms with Crippen LogP contribution in [0.5, 0.6) is 0 Å². The van der Waals surface area contributed by atoms with Gasteiger partial charge in [0.15, 0.2) is 0 Å². The van der Waals surface area contributed by atoms with Gasteiger partial charge in [0.25, 0.3) is 0 Å². The molecule has 106 valence electrons. The van der Waals surface area contributed by atoms with Crippen molar-refractivity contribution >= 4 is 11.5 Å². The van der Waals surface area contributed by atoms with Crippen LogP contribution in [0.4, 0.5) is 0 Å². The summed E-state index contributed by atoms with van der Waals surface area (Å²) in [6.45, 7) is 3.93. The lowest BCUT2D eigenvalue weighted by atomic mass is 9.94. The predicted molar refractivity (Wildman–Crippen MR) is 80.8 cm³/mol. The zero-order valence-electron chi connectivity index (χ0n) is 11.9. The number of hydrogen-bond donors (Lipinski definition) is 1. The first kappa shape index (κ1) is 13.4. The first-order chi connectivity index (χ1) is 10.1. The summed E-state index contributed by atoms with van der Waals surface area (Å²) in [6.07, 6.45) is 1.68. The van der Waals surface area contributed by atoms with E-state index in [-0.39, 0.29) is 5.92 Å². The van der Waals surface area contributed by atoms with Crippen LogP contribution in [-0.2, 0) is 0 Å². The molecule has 0 spiro atoms. The number of nitrogens with zero attached hydrogens (tertiary/aromatic N) is 2. The average Bonchev–Trinajstić information content (AvgIpc) is 2.79. The van der Waals surface area contributed by atoms with E-state index >= 15 is 0 Å². The highest BCUT2D eigenvalue weighted by Gasteiger charge is 2.24. The monoisotopic (exact) mass is 280 g/mol. The number of rotatable bonds is 3. The molecule has 1 N–H and O–H groups in total. The van der Waals surface area contributed by atoms with Gasteiger partial charge in [0.2, 0.25) is 0 Å². The average molecular weight is 280 g/mol. The van der Waals surface area contributed by atoms with Gasteiger partial charge in [-0.3, -0.25) is 0 Å². The van der Waals surface area contributed by atoms with Crippen molar-refractivity contribution in [3.63, 3.8) is 0 Å². The van der Waals surface area contributed by atoms with E-state index in [0.717, 1.165) is 16.8 Å². The third-order valence-electron chi connectivity index (χ3n) is 3.92. The van der Waals surface area contributed by atoms with Gasteiger partial charge in [0, 0.05) is 12.1 Å². The molecular formula is C17H16N2O2. The third-order valence-corrected chi connectivity index (χ3v) is 3.92. The van der Waals surface area contributed by atoms with Crippen LogP contribution < -0.4 is 0 Å². The fourth-order valence-electron chi connectivity index (χ4n) is 2.91. The Labute approximate surface area is 122 Å².